The van der Waals surface area contributed by atoms with E-state index in [0.29, 0.717) is 18.8 Å². The van der Waals surface area contributed by atoms with Gasteiger partial charge in [-0.2, -0.15) is 0 Å². The Hall–Kier alpha value is -1.86. The minimum Gasteiger partial charge on any atom is -0.409 e. The number of nitrogens with two attached hydrogens (primary N) is 1. The van der Waals surface area contributed by atoms with Crippen molar-refractivity contribution < 1.29 is 15.1 Å². The Kier molecular flexibility index (Phi) is 3.96. The summed E-state index contributed by atoms with van der Waals surface area (Å²) in [5, 5.41) is 20.7. The van der Waals surface area contributed by atoms with Gasteiger partial charge in [-0.05, 0) is 12.1 Å². The van der Waals surface area contributed by atoms with E-state index in [9.17, 15) is 0 Å². The molecule has 1 fully saturated rings. The summed E-state index contributed by atoms with van der Waals surface area (Å²) in [7, 11) is 0. The largest absolute Gasteiger partial charge is 0.409 e. The first-order valence-corrected chi connectivity index (χ1v) is 5.66. The van der Waals surface area contributed by atoms with Gasteiger partial charge in [0, 0.05) is 25.0 Å². The van der Waals surface area contributed by atoms with Crippen molar-refractivity contribution in [3.63, 3.8) is 0 Å². The molecule has 7 nitrogen and oxygen atoms in total. The van der Waals surface area contributed by atoms with Crippen molar-refractivity contribution in [3.05, 3.63) is 24.0 Å². The minimum absolute atomic E-state index is 0.00528. The van der Waals surface area contributed by atoms with E-state index < -0.39 is 0 Å². The first-order chi connectivity index (χ1) is 8.74. The number of amidine groups is 1. The third-order valence-corrected chi connectivity index (χ3v) is 2.82. The molecule has 0 spiro atoms. The summed E-state index contributed by atoms with van der Waals surface area (Å²) in [4.78, 5) is 6.09. The summed E-state index contributed by atoms with van der Waals surface area (Å²) in [6.45, 7) is 1.90. The quantitative estimate of drug-likeness (QED) is 0.286. The first-order valence-electron chi connectivity index (χ1n) is 5.66. The lowest BCUT2D eigenvalue weighted by atomic mass is 10.2. The van der Waals surface area contributed by atoms with E-state index in [2.05, 4.69) is 15.0 Å². The molecule has 2 rings (SSSR count). The second-order valence-corrected chi connectivity index (χ2v) is 4.01. The van der Waals surface area contributed by atoms with Gasteiger partial charge in [0.15, 0.2) is 5.84 Å². The topological polar surface area (TPSA) is 104 Å². The summed E-state index contributed by atoms with van der Waals surface area (Å²) >= 11 is 0. The number of oxime groups is 1. The van der Waals surface area contributed by atoms with E-state index in [1.165, 1.54) is 0 Å². The second kappa shape index (κ2) is 5.65. The average molecular weight is 252 g/mol. The van der Waals surface area contributed by atoms with Crippen LogP contribution < -0.4 is 10.6 Å². The summed E-state index contributed by atoms with van der Waals surface area (Å²) < 4.78 is 5.38. The van der Waals surface area contributed by atoms with Crippen LogP contribution in [0.4, 0.5) is 5.69 Å². The lowest BCUT2D eigenvalue weighted by molar-refractivity contribution is 0.00356. The third-order valence-electron chi connectivity index (χ3n) is 2.82. The molecule has 0 aliphatic carbocycles. The lowest BCUT2D eigenvalue weighted by Crippen LogP contribution is -2.44. The fraction of sp³-hybridized carbons (Fsp3) is 0.455. The SMILES string of the molecule is N/C(=N/O)c1cc(N2CCOC(CO)C2)ccn1. The number of rotatable bonds is 3. The highest BCUT2D eigenvalue weighted by Gasteiger charge is 2.20. The molecule has 1 aromatic heterocycles. The summed E-state index contributed by atoms with van der Waals surface area (Å²) in [5.74, 6) is -0.0242. The number of aliphatic hydroxyl groups excluding tert-OH is 1. The maximum Gasteiger partial charge on any atom is 0.188 e. The Bertz CT molecular complexity index is 438. The van der Waals surface area contributed by atoms with Gasteiger partial charge < -0.3 is 25.7 Å². The predicted molar refractivity (Wildman–Crippen MR) is 65.8 cm³/mol. The molecule has 98 valence electrons. The molecule has 18 heavy (non-hydrogen) atoms. The van der Waals surface area contributed by atoms with E-state index in [4.69, 9.17) is 20.8 Å². The summed E-state index contributed by atoms with van der Waals surface area (Å²) in [5.41, 5.74) is 6.83. The fourth-order valence-electron chi connectivity index (χ4n) is 1.87. The van der Waals surface area contributed by atoms with Crippen LogP contribution in [0.5, 0.6) is 0 Å². The molecule has 0 bridgehead atoms. The minimum atomic E-state index is -0.181. The van der Waals surface area contributed by atoms with Crippen molar-refractivity contribution in [3.8, 4) is 0 Å². The Morgan fingerprint density at radius 2 is 2.50 bits per heavy atom. The number of nitrogens with zero attached hydrogens (tertiary/aromatic N) is 3. The van der Waals surface area contributed by atoms with Crippen molar-refractivity contribution in [2.45, 2.75) is 6.10 Å². The highest BCUT2D eigenvalue weighted by Crippen LogP contribution is 2.17. The van der Waals surface area contributed by atoms with Crippen LogP contribution in [0.15, 0.2) is 23.5 Å². The predicted octanol–water partition coefficient (Wildman–Crippen LogP) is -0.626. The highest BCUT2D eigenvalue weighted by atomic mass is 16.5. The molecule has 0 amide bonds. The monoisotopic (exact) mass is 252 g/mol. The van der Waals surface area contributed by atoms with Gasteiger partial charge in [0.25, 0.3) is 0 Å². The zero-order chi connectivity index (χ0) is 13.0. The van der Waals surface area contributed by atoms with Gasteiger partial charge in [-0.1, -0.05) is 5.16 Å². The number of aromatic nitrogens is 1. The number of morpholine rings is 1. The van der Waals surface area contributed by atoms with Crippen LogP contribution in [0.2, 0.25) is 0 Å². The lowest BCUT2D eigenvalue weighted by Gasteiger charge is -2.33. The molecular weight excluding hydrogens is 236 g/mol. The van der Waals surface area contributed by atoms with E-state index >= 15 is 0 Å². The Balaban J connectivity index is 2.17. The molecule has 0 aromatic carbocycles. The van der Waals surface area contributed by atoms with Crippen molar-refractivity contribution in [1.82, 2.24) is 4.98 Å². The van der Waals surface area contributed by atoms with E-state index in [1.54, 1.807) is 12.3 Å². The molecule has 7 heteroatoms. The van der Waals surface area contributed by atoms with E-state index in [1.807, 2.05) is 6.07 Å². The smallest absolute Gasteiger partial charge is 0.188 e. The highest BCUT2D eigenvalue weighted by molar-refractivity contribution is 5.95. The summed E-state index contributed by atoms with van der Waals surface area (Å²) in [6.07, 6.45) is 1.42. The second-order valence-electron chi connectivity index (χ2n) is 4.01. The number of hydrogen-bond donors (Lipinski definition) is 3. The maximum absolute atomic E-state index is 9.10. The van der Waals surface area contributed by atoms with Crippen LogP contribution >= 0.6 is 0 Å². The van der Waals surface area contributed by atoms with Crippen LogP contribution in [-0.4, -0.2) is 53.5 Å². The van der Waals surface area contributed by atoms with Crippen LogP contribution in [0.25, 0.3) is 0 Å². The van der Waals surface area contributed by atoms with Crippen LogP contribution in [0, 0.1) is 0 Å². The van der Waals surface area contributed by atoms with Crippen LogP contribution in [-0.2, 0) is 4.74 Å². The molecule has 0 radical (unpaired) electrons. The van der Waals surface area contributed by atoms with E-state index in [-0.39, 0.29) is 18.5 Å². The molecule has 1 saturated heterocycles. The molecule has 0 saturated carbocycles. The molecule has 1 unspecified atom stereocenters. The Morgan fingerprint density at radius 3 is 3.22 bits per heavy atom. The number of anilines is 1. The van der Waals surface area contributed by atoms with Crippen molar-refractivity contribution in [1.29, 1.82) is 0 Å². The van der Waals surface area contributed by atoms with Gasteiger partial charge in [0.2, 0.25) is 0 Å². The standard InChI is InChI=1S/C11H16N4O3/c12-11(14-17)10-5-8(1-2-13-10)15-3-4-18-9(6-15)7-16/h1-2,5,9,16-17H,3-4,6-7H2,(H2,12,14). The van der Waals surface area contributed by atoms with Crippen molar-refractivity contribution in [2.24, 2.45) is 10.9 Å². The Morgan fingerprint density at radius 1 is 1.67 bits per heavy atom. The molecule has 2 heterocycles. The van der Waals surface area contributed by atoms with E-state index in [0.717, 1.165) is 12.2 Å². The average Bonchev–Trinajstić information content (AvgIpc) is 2.46. The van der Waals surface area contributed by atoms with Gasteiger partial charge in [0.1, 0.15) is 5.69 Å². The van der Waals surface area contributed by atoms with Crippen LogP contribution in [0.3, 0.4) is 0 Å². The number of hydrogen-bond acceptors (Lipinski definition) is 6. The molecule has 1 aromatic rings. The van der Waals surface area contributed by atoms with Crippen LogP contribution in [0.1, 0.15) is 5.69 Å². The maximum atomic E-state index is 9.10. The zero-order valence-electron chi connectivity index (χ0n) is 9.86. The van der Waals surface area contributed by atoms with Gasteiger partial charge in [-0.25, -0.2) is 0 Å². The molecule has 1 aliphatic heterocycles. The Labute approximate surface area is 104 Å². The molecule has 1 aliphatic rings. The van der Waals surface area contributed by atoms with Gasteiger partial charge in [-0.3, -0.25) is 4.98 Å². The number of aliphatic hydroxyl groups is 1. The van der Waals surface area contributed by atoms with Gasteiger partial charge in [0.05, 0.1) is 19.3 Å². The number of pyridine rings is 1. The third kappa shape index (κ3) is 2.69. The molecular formula is C11H16N4O3. The molecule has 4 N–H and O–H groups in total. The van der Waals surface area contributed by atoms with Gasteiger partial charge >= 0.3 is 0 Å². The van der Waals surface area contributed by atoms with Crippen molar-refractivity contribution in [2.75, 3.05) is 31.2 Å². The zero-order valence-corrected chi connectivity index (χ0v) is 9.86. The fourth-order valence-corrected chi connectivity index (χ4v) is 1.87. The van der Waals surface area contributed by atoms with Crippen molar-refractivity contribution >= 4 is 11.5 Å². The molecule has 1 atom stereocenters. The normalized spacial score (nSPS) is 21.1. The first kappa shape index (κ1) is 12.6. The summed E-state index contributed by atoms with van der Waals surface area (Å²) in [6, 6.07) is 3.59. The number of ether oxygens (including phenoxy) is 1. The van der Waals surface area contributed by atoms with Gasteiger partial charge in [-0.15, -0.1) is 0 Å².